The number of hydrogen-bond acceptors (Lipinski definition) is 3. The van der Waals surface area contributed by atoms with Crippen molar-refractivity contribution < 1.29 is 4.79 Å². The Morgan fingerprint density at radius 3 is 2.35 bits per heavy atom. The molecule has 1 aromatic carbocycles. The highest BCUT2D eigenvalue weighted by Crippen LogP contribution is 2.59. The molecule has 4 aliphatic rings. The molecule has 0 saturated heterocycles. The zero-order valence-corrected chi connectivity index (χ0v) is 17.0. The lowest BCUT2D eigenvalue weighted by atomic mass is 9.49. The topological polar surface area (TPSA) is 32.3 Å². The van der Waals surface area contributed by atoms with Gasteiger partial charge in [0.25, 0.3) is 5.91 Å². The van der Waals surface area contributed by atoms with Crippen LogP contribution in [0.25, 0.3) is 0 Å². The van der Waals surface area contributed by atoms with Gasteiger partial charge in [0.05, 0.1) is 5.56 Å². The molecule has 4 fully saturated rings. The number of nitrogens with zero attached hydrogens (tertiary/aromatic N) is 1. The zero-order valence-electron chi connectivity index (χ0n) is 16.2. The van der Waals surface area contributed by atoms with E-state index in [1.54, 1.807) is 11.8 Å². The Morgan fingerprint density at radius 2 is 1.73 bits per heavy atom. The van der Waals surface area contributed by atoms with E-state index in [-0.39, 0.29) is 5.91 Å². The Labute approximate surface area is 162 Å². The van der Waals surface area contributed by atoms with Gasteiger partial charge in [-0.25, -0.2) is 0 Å². The van der Waals surface area contributed by atoms with E-state index >= 15 is 0 Å². The van der Waals surface area contributed by atoms with E-state index in [4.69, 9.17) is 0 Å². The lowest BCUT2D eigenvalue weighted by Gasteiger charge is -2.56. The average molecular weight is 373 g/mol. The van der Waals surface area contributed by atoms with Crippen molar-refractivity contribution in [3.05, 3.63) is 29.8 Å². The summed E-state index contributed by atoms with van der Waals surface area (Å²) in [4.78, 5) is 16.2. The van der Waals surface area contributed by atoms with Crippen LogP contribution in [0.4, 0.5) is 0 Å². The second kappa shape index (κ2) is 7.55. The SMILES string of the molecule is CN(C)CCSc1ccccc1C(=O)NCC12CC3CC(CC(C3)C1)C2. The van der Waals surface area contributed by atoms with E-state index in [1.165, 1.54) is 38.5 Å². The van der Waals surface area contributed by atoms with Gasteiger partial charge in [0, 0.05) is 23.7 Å². The summed E-state index contributed by atoms with van der Waals surface area (Å²) in [5.41, 5.74) is 1.25. The first kappa shape index (κ1) is 18.4. The van der Waals surface area contributed by atoms with Crippen LogP contribution < -0.4 is 5.32 Å². The Bertz CT molecular complexity index is 622. The van der Waals surface area contributed by atoms with Crippen molar-refractivity contribution in [1.82, 2.24) is 10.2 Å². The molecule has 0 atom stereocenters. The van der Waals surface area contributed by atoms with Gasteiger partial charge >= 0.3 is 0 Å². The molecule has 4 aliphatic carbocycles. The summed E-state index contributed by atoms with van der Waals surface area (Å²) in [6.07, 6.45) is 8.41. The number of hydrogen-bond donors (Lipinski definition) is 1. The van der Waals surface area contributed by atoms with Crippen molar-refractivity contribution in [3.63, 3.8) is 0 Å². The third-order valence-electron chi connectivity index (χ3n) is 6.72. The average Bonchev–Trinajstić information content (AvgIpc) is 2.59. The molecule has 5 rings (SSSR count). The third-order valence-corrected chi connectivity index (χ3v) is 7.77. The standard InChI is InChI=1S/C22H32N2OS/c1-24(2)7-8-26-20-6-4-3-5-19(20)21(25)23-15-22-12-16-9-17(13-22)11-18(10-16)14-22/h3-6,16-18H,7-15H2,1-2H3,(H,23,25). The van der Waals surface area contributed by atoms with Crippen molar-refractivity contribution in [1.29, 1.82) is 0 Å². The molecule has 4 heteroatoms. The molecule has 0 spiro atoms. The van der Waals surface area contributed by atoms with Crippen LogP contribution in [0.3, 0.4) is 0 Å². The van der Waals surface area contributed by atoms with Gasteiger partial charge in [-0.1, -0.05) is 12.1 Å². The van der Waals surface area contributed by atoms with Crippen LogP contribution in [0.2, 0.25) is 0 Å². The Morgan fingerprint density at radius 1 is 1.12 bits per heavy atom. The largest absolute Gasteiger partial charge is 0.351 e. The number of carbonyl (C=O) groups is 1. The summed E-state index contributed by atoms with van der Waals surface area (Å²) in [6, 6.07) is 8.08. The maximum absolute atomic E-state index is 12.9. The monoisotopic (exact) mass is 372 g/mol. The molecule has 4 saturated carbocycles. The molecule has 0 radical (unpaired) electrons. The van der Waals surface area contributed by atoms with Crippen LogP contribution in [-0.2, 0) is 0 Å². The lowest BCUT2D eigenvalue weighted by Crippen LogP contribution is -2.51. The first-order chi connectivity index (χ1) is 12.5. The highest BCUT2D eigenvalue weighted by molar-refractivity contribution is 7.99. The van der Waals surface area contributed by atoms with Gasteiger partial charge in [-0.15, -0.1) is 11.8 Å². The fourth-order valence-electron chi connectivity index (χ4n) is 5.99. The first-order valence-corrected chi connectivity index (χ1v) is 11.2. The van der Waals surface area contributed by atoms with E-state index in [2.05, 4.69) is 30.4 Å². The molecule has 1 N–H and O–H groups in total. The highest BCUT2D eigenvalue weighted by Gasteiger charge is 2.50. The fourth-order valence-corrected chi connectivity index (χ4v) is 7.16. The zero-order chi connectivity index (χ0) is 18.1. The van der Waals surface area contributed by atoms with Gasteiger partial charge in [-0.05, 0) is 87.9 Å². The summed E-state index contributed by atoms with van der Waals surface area (Å²) in [7, 11) is 4.18. The molecular formula is C22H32N2OS. The molecule has 26 heavy (non-hydrogen) atoms. The first-order valence-electron chi connectivity index (χ1n) is 10.2. The van der Waals surface area contributed by atoms with Crippen LogP contribution in [0, 0.1) is 23.2 Å². The van der Waals surface area contributed by atoms with Crippen LogP contribution in [0.15, 0.2) is 29.2 Å². The number of thioether (sulfide) groups is 1. The predicted molar refractivity (Wildman–Crippen MR) is 109 cm³/mol. The molecule has 1 amide bonds. The van der Waals surface area contributed by atoms with Crippen LogP contribution in [0.1, 0.15) is 48.9 Å². The molecule has 4 bridgehead atoms. The molecule has 0 aromatic heterocycles. The van der Waals surface area contributed by atoms with Gasteiger partial charge < -0.3 is 10.2 Å². The summed E-state index contributed by atoms with van der Waals surface area (Å²) < 4.78 is 0. The van der Waals surface area contributed by atoms with Gasteiger partial charge in [-0.3, -0.25) is 4.79 Å². The number of rotatable bonds is 7. The predicted octanol–water partition coefficient (Wildman–Crippen LogP) is 4.29. The molecule has 142 valence electrons. The van der Waals surface area contributed by atoms with Gasteiger partial charge in [0.2, 0.25) is 0 Å². The second-order valence-corrected chi connectivity index (χ2v) is 10.4. The van der Waals surface area contributed by atoms with Crippen LogP contribution >= 0.6 is 11.8 Å². The third kappa shape index (κ3) is 3.96. The number of carbonyl (C=O) groups excluding carboxylic acids is 1. The van der Waals surface area contributed by atoms with E-state index in [9.17, 15) is 4.79 Å². The molecule has 1 aromatic rings. The number of amides is 1. The molecule has 3 nitrogen and oxygen atoms in total. The lowest BCUT2D eigenvalue weighted by molar-refractivity contribution is -0.0503. The Kier molecular flexibility index (Phi) is 5.34. The molecule has 0 heterocycles. The molecular weight excluding hydrogens is 340 g/mol. The Hall–Kier alpha value is -1.00. The van der Waals surface area contributed by atoms with Crippen molar-refractivity contribution in [2.45, 2.75) is 43.4 Å². The van der Waals surface area contributed by atoms with Gasteiger partial charge in [0.1, 0.15) is 0 Å². The van der Waals surface area contributed by atoms with E-state index in [1.807, 2.05) is 18.2 Å². The van der Waals surface area contributed by atoms with Crippen molar-refractivity contribution >= 4 is 17.7 Å². The Balaban J connectivity index is 1.38. The number of nitrogens with one attached hydrogen (secondary N) is 1. The maximum atomic E-state index is 12.9. The summed E-state index contributed by atoms with van der Waals surface area (Å²) in [5.74, 6) is 3.94. The normalized spacial score (nSPS) is 32.2. The smallest absolute Gasteiger partial charge is 0.252 e. The maximum Gasteiger partial charge on any atom is 0.252 e. The minimum atomic E-state index is 0.119. The van der Waals surface area contributed by atoms with Crippen molar-refractivity contribution in [2.24, 2.45) is 23.2 Å². The van der Waals surface area contributed by atoms with E-state index in [0.29, 0.717) is 5.41 Å². The fraction of sp³-hybridized carbons (Fsp3) is 0.682. The van der Waals surface area contributed by atoms with Crippen LogP contribution in [-0.4, -0.2) is 43.7 Å². The van der Waals surface area contributed by atoms with E-state index < -0.39 is 0 Å². The minimum Gasteiger partial charge on any atom is -0.351 e. The summed E-state index contributed by atoms with van der Waals surface area (Å²) in [5, 5.41) is 3.33. The number of benzene rings is 1. The van der Waals surface area contributed by atoms with Gasteiger partial charge in [0.15, 0.2) is 0 Å². The van der Waals surface area contributed by atoms with Crippen LogP contribution in [0.5, 0.6) is 0 Å². The van der Waals surface area contributed by atoms with Crippen molar-refractivity contribution in [3.8, 4) is 0 Å². The molecule has 0 aliphatic heterocycles. The molecule has 0 unspecified atom stereocenters. The second-order valence-electron chi connectivity index (χ2n) is 9.25. The minimum absolute atomic E-state index is 0.119. The van der Waals surface area contributed by atoms with Gasteiger partial charge in [-0.2, -0.15) is 0 Å². The van der Waals surface area contributed by atoms with Crippen molar-refractivity contribution in [2.75, 3.05) is 32.9 Å². The summed E-state index contributed by atoms with van der Waals surface area (Å²) in [6.45, 7) is 1.90. The summed E-state index contributed by atoms with van der Waals surface area (Å²) >= 11 is 1.79. The quantitative estimate of drug-likeness (QED) is 0.725. The van der Waals surface area contributed by atoms with E-state index in [0.717, 1.165) is 47.1 Å². The highest BCUT2D eigenvalue weighted by atomic mass is 32.2.